The lowest BCUT2D eigenvalue weighted by Gasteiger charge is -2.27. The van der Waals surface area contributed by atoms with Gasteiger partial charge in [0.25, 0.3) is 0 Å². The van der Waals surface area contributed by atoms with Gasteiger partial charge >= 0.3 is 6.03 Å². The fraction of sp³-hybridized carbons (Fsp3) is 0.533. The largest absolute Gasteiger partial charge is 0.335 e. The number of nitrogens with one attached hydrogen (secondary N) is 2. The summed E-state index contributed by atoms with van der Waals surface area (Å²) in [5.74, 6) is 0. The van der Waals surface area contributed by atoms with Gasteiger partial charge in [0.1, 0.15) is 0 Å². The minimum Gasteiger partial charge on any atom is -0.335 e. The quantitative estimate of drug-likeness (QED) is 0.783. The van der Waals surface area contributed by atoms with Gasteiger partial charge in [0.05, 0.1) is 0 Å². The molecule has 0 bridgehead atoms. The van der Waals surface area contributed by atoms with Crippen molar-refractivity contribution in [3.05, 3.63) is 29.8 Å². The van der Waals surface area contributed by atoms with E-state index in [9.17, 15) is 4.79 Å². The molecule has 2 amide bonds. The molecule has 1 aromatic carbocycles. The van der Waals surface area contributed by atoms with E-state index < -0.39 is 0 Å². The van der Waals surface area contributed by atoms with Crippen molar-refractivity contribution in [2.24, 2.45) is 11.1 Å². The van der Waals surface area contributed by atoms with E-state index in [1.54, 1.807) is 0 Å². The monoisotopic (exact) mass is 261 g/mol. The van der Waals surface area contributed by atoms with Gasteiger partial charge in [-0.1, -0.05) is 32.4 Å². The average molecular weight is 261 g/mol. The van der Waals surface area contributed by atoms with Gasteiger partial charge in [-0.25, -0.2) is 4.79 Å². The third kappa shape index (κ3) is 3.47. The van der Waals surface area contributed by atoms with Gasteiger partial charge in [-0.2, -0.15) is 0 Å². The van der Waals surface area contributed by atoms with Crippen molar-refractivity contribution in [3.8, 4) is 0 Å². The lowest BCUT2D eigenvalue weighted by molar-refractivity contribution is 0.233. The fourth-order valence-corrected chi connectivity index (χ4v) is 2.70. The number of hydrogen-bond acceptors (Lipinski definition) is 2. The Hall–Kier alpha value is -1.55. The minimum absolute atomic E-state index is 0.130. The molecule has 4 heteroatoms. The molecule has 1 atom stereocenters. The second-order valence-electron chi connectivity index (χ2n) is 5.94. The normalized spacial score (nSPS) is 21.1. The number of urea groups is 1. The van der Waals surface area contributed by atoms with Crippen LogP contribution < -0.4 is 16.4 Å². The third-order valence-electron chi connectivity index (χ3n) is 3.98. The molecule has 0 radical (unpaired) electrons. The number of amides is 2. The van der Waals surface area contributed by atoms with E-state index in [1.165, 1.54) is 12.8 Å². The molecule has 1 aromatic rings. The van der Waals surface area contributed by atoms with Crippen molar-refractivity contribution in [1.29, 1.82) is 0 Å². The summed E-state index contributed by atoms with van der Waals surface area (Å²) in [5, 5.41) is 5.95. The molecule has 1 aliphatic rings. The number of benzene rings is 1. The Labute approximate surface area is 114 Å². The van der Waals surface area contributed by atoms with Crippen molar-refractivity contribution in [1.82, 2.24) is 5.32 Å². The van der Waals surface area contributed by atoms with E-state index in [0.29, 0.717) is 6.54 Å². The number of hydrogen-bond donors (Lipinski definition) is 3. The Kier molecular flexibility index (Phi) is 4.10. The van der Waals surface area contributed by atoms with Crippen LogP contribution in [0.25, 0.3) is 0 Å². The smallest absolute Gasteiger partial charge is 0.319 e. The minimum atomic E-state index is -0.130. The molecule has 0 heterocycles. The molecule has 0 aliphatic heterocycles. The van der Waals surface area contributed by atoms with Crippen LogP contribution in [0.3, 0.4) is 0 Å². The van der Waals surface area contributed by atoms with E-state index >= 15 is 0 Å². The number of nitrogens with two attached hydrogens (primary N) is 1. The molecule has 4 nitrogen and oxygen atoms in total. The first-order chi connectivity index (χ1) is 9.01. The van der Waals surface area contributed by atoms with Gasteiger partial charge in [0.15, 0.2) is 0 Å². The molecule has 4 N–H and O–H groups in total. The van der Waals surface area contributed by atoms with Crippen molar-refractivity contribution < 1.29 is 4.79 Å². The van der Waals surface area contributed by atoms with Gasteiger partial charge in [-0.05, 0) is 36.0 Å². The molecule has 0 saturated heterocycles. The zero-order valence-electron chi connectivity index (χ0n) is 11.7. The van der Waals surface area contributed by atoms with Crippen molar-refractivity contribution in [2.75, 3.05) is 5.32 Å². The number of carbonyl (C=O) groups is 1. The molecule has 1 fully saturated rings. The highest BCUT2D eigenvalue weighted by Crippen LogP contribution is 2.37. The first kappa shape index (κ1) is 13.9. The molecular formula is C15H23N3O. The number of rotatable bonds is 3. The summed E-state index contributed by atoms with van der Waals surface area (Å²) in [4.78, 5) is 12.0. The van der Waals surface area contributed by atoms with E-state index in [2.05, 4.69) is 24.5 Å². The summed E-state index contributed by atoms with van der Waals surface area (Å²) < 4.78 is 0. The summed E-state index contributed by atoms with van der Waals surface area (Å²) in [6, 6.07) is 7.75. The summed E-state index contributed by atoms with van der Waals surface area (Å²) in [6.45, 7) is 4.90. The molecule has 0 spiro atoms. The van der Waals surface area contributed by atoms with Crippen LogP contribution in [0.4, 0.5) is 10.5 Å². The highest BCUT2D eigenvalue weighted by Gasteiger charge is 2.35. The second-order valence-corrected chi connectivity index (χ2v) is 5.94. The fourth-order valence-electron chi connectivity index (χ4n) is 2.70. The highest BCUT2D eigenvalue weighted by atomic mass is 16.2. The molecule has 0 aromatic heterocycles. The van der Waals surface area contributed by atoms with Crippen LogP contribution in [0.2, 0.25) is 0 Å². The predicted molar refractivity (Wildman–Crippen MR) is 77.9 cm³/mol. The van der Waals surface area contributed by atoms with E-state index in [-0.39, 0.29) is 17.5 Å². The Balaban J connectivity index is 1.94. The van der Waals surface area contributed by atoms with Crippen LogP contribution in [0.1, 0.15) is 38.7 Å². The average Bonchev–Trinajstić information content (AvgIpc) is 2.69. The van der Waals surface area contributed by atoms with Crippen LogP contribution in [0, 0.1) is 5.41 Å². The van der Waals surface area contributed by atoms with Gasteiger partial charge < -0.3 is 16.4 Å². The van der Waals surface area contributed by atoms with Crippen molar-refractivity contribution in [2.45, 2.75) is 45.7 Å². The standard InChI is InChI=1S/C15H23N3O/c1-15(2)8-4-7-13(15)18-14(19)17-12-6-3-5-11(9-12)10-16/h3,5-6,9,13H,4,7-8,10,16H2,1-2H3,(H2,17,18,19). The molecule has 1 aliphatic carbocycles. The van der Waals surface area contributed by atoms with Gasteiger partial charge in [-0.15, -0.1) is 0 Å². The van der Waals surface area contributed by atoms with Crippen LogP contribution in [-0.4, -0.2) is 12.1 Å². The maximum Gasteiger partial charge on any atom is 0.319 e. The van der Waals surface area contributed by atoms with Gasteiger partial charge in [0.2, 0.25) is 0 Å². The summed E-state index contributed by atoms with van der Waals surface area (Å²) in [7, 11) is 0. The Bertz CT molecular complexity index is 456. The summed E-state index contributed by atoms with van der Waals surface area (Å²) in [6.07, 6.45) is 3.41. The lowest BCUT2D eigenvalue weighted by Crippen LogP contribution is -2.43. The topological polar surface area (TPSA) is 67.2 Å². The Morgan fingerprint density at radius 1 is 1.47 bits per heavy atom. The summed E-state index contributed by atoms with van der Waals surface area (Å²) in [5.41, 5.74) is 7.58. The molecule has 19 heavy (non-hydrogen) atoms. The van der Waals surface area contributed by atoms with Gasteiger partial charge in [-0.3, -0.25) is 0 Å². The maximum absolute atomic E-state index is 12.0. The van der Waals surface area contributed by atoms with E-state index in [0.717, 1.165) is 17.7 Å². The van der Waals surface area contributed by atoms with Crippen molar-refractivity contribution >= 4 is 11.7 Å². The number of anilines is 1. The number of carbonyl (C=O) groups excluding carboxylic acids is 1. The Morgan fingerprint density at radius 3 is 2.89 bits per heavy atom. The van der Waals surface area contributed by atoms with Crippen LogP contribution in [-0.2, 0) is 6.54 Å². The first-order valence-electron chi connectivity index (χ1n) is 6.88. The SMILES string of the molecule is CC1(C)CCCC1NC(=O)Nc1cccc(CN)c1. The van der Waals surface area contributed by atoms with Gasteiger partial charge in [0, 0.05) is 18.3 Å². The highest BCUT2D eigenvalue weighted by molar-refractivity contribution is 5.89. The van der Waals surface area contributed by atoms with Crippen molar-refractivity contribution in [3.63, 3.8) is 0 Å². The molecule has 104 valence electrons. The van der Waals surface area contributed by atoms with Crippen LogP contribution in [0.5, 0.6) is 0 Å². The third-order valence-corrected chi connectivity index (χ3v) is 3.98. The van der Waals surface area contributed by atoms with Crippen LogP contribution >= 0.6 is 0 Å². The first-order valence-corrected chi connectivity index (χ1v) is 6.88. The molecule has 2 rings (SSSR count). The molecule has 1 saturated carbocycles. The predicted octanol–water partition coefficient (Wildman–Crippen LogP) is 2.85. The van der Waals surface area contributed by atoms with E-state index in [4.69, 9.17) is 5.73 Å². The Morgan fingerprint density at radius 2 is 2.26 bits per heavy atom. The maximum atomic E-state index is 12.0. The second kappa shape index (κ2) is 5.61. The zero-order chi connectivity index (χ0) is 13.9. The zero-order valence-corrected chi connectivity index (χ0v) is 11.7. The molecular weight excluding hydrogens is 238 g/mol. The summed E-state index contributed by atoms with van der Waals surface area (Å²) >= 11 is 0. The van der Waals surface area contributed by atoms with E-state index in [1.807, 2.05) is 24.3 Å². The molecule has 1 unspecified atom stereocenters. The lowest BCUT2D eigenvalue weighted by atomic mass is 9.87. The van der Waals surface area contributed by atoms with Crippen LogP contribution in [0.15, 0.2) is 24.3 Å².